The number of para-hydroxylation sites is 1. The van der Waals surface area contributed by atoms with Crippen molar-refractivity contribution >= 4 is 28.5 Å². The molecule has 0 unspecified atom stereocenters. The number of hydrogen-bond acceptors (Lipinski definition) is 6. The normalized spacial score (nSPS) is 11.4. The number of carbonyl (C=O) groups excluding carboxylic acids is 2. The summed E-state index contributed by atoms with van der Waals surface area (Å²) in [6.45, 7) is 3.11. The minimum atomic E-state index is -1.14. The van der Waals surface area contributed by atoms with E-state index in [2.05, 4.69) is 5.32 Å². The highest BCUT2D eigenvalue weighted by atomic mass is 16.5. The van der Waals surface area contributed by atoms with Crippen molar-refractivity contribution in [3.05, 3.63) is 99.7 Å². The number of ether oxygens (including phenoxy) is 1. The molecule has 4 rings (SSSR count). The average Bonchev–Trinajstić information content (AvgIpc) is 2.86. The van der Waals surface area contributed by atoms with Crippen molar-refractivity contribution in [2.45, 2.75) is 20.0 Å². The van der Waals surface area contributed by atoms with Crippen LogP contribution in [0.1, 0.15) is 28.4 Å². The molecule has 0 bridgehead atoms. The smallest absolute Gasteiger partial charge is 0.342 e. The zero-order valence-electron chi connectivity index (χ0n) is 18.5. The van der Waals surface area contributed by atoms with Crippen LogP contribution in [0.3, 0.4) is 0 Å². The number of anilines is 1. The van der Waals surface area contributed by atoms with Gasteiger partial charge in [0, 0.05) is 16.8 Å². The summed E-state index contributed by atoms with van der Waals surface area (Å²) >= 11 is 0. The minimum absolute atomic E-state index is 0.0397. The molecule has 1 N–H and O–H groups in total. The molecule has 0 aliphatic carbocycles. The van der Waals surface area contributed by atoms with Gasteiger partial charge in [0.25, 0.3) is 5.91 Å². The molecule has 1 amide bonds. The van der Waals surface area contributed by atoms with Crippen molar-refractivity contribution in [3.8, 4) is 17.4 Å². The number of amides is 1. The summed E-state index contributed by atoms with van der Waals surface area (Å²) in [5.74, 6) is -1.00. The Labute approximate surface area is 195 Å². The summed E-state index contributed by atoms with van der Waals surface area (Å²) in [5, 5.41) is 11.9. The van der Waals surface area contributed by atoms with Gasteiger partial charge in [0.1, 0.15) is 11.3 Å². The first-order chi connectivity index (χ1) is 16.4. The Kier molecular flexibility index (Phi) is 6.24. The molecule has 7 nitrogen and oxygen atoms in total. The molecule has 1 atom stereocenters. The Balaban J connectivity index is 1.63. The van der Waals surface area contributed by atoms with Crippen molar-refractivity contribution in [1.82, 2.24) is 0 Å². The summed E-state index contributed by atoms with van der Waals surface area (Å²) in [6.07, 6.45) is -1.14. The van der Waals surface area contributed by atoms with Crippen LogP contribution in [-0.2, 0) is 9.53 Å². The zero-order valence-corrected chi connectivity index (χ0v) is 18.5. The third kappa shape index (κ3) is 4.43. The van der Waals surface area contributed by atoms with Gasteiger partial charge in [-0.15, -0.1) is 0 Å². The highest BCUT2D eigenvalue weighted by Crippen LogP contribution is 2.27. The maximum absolute atomic E-state index is 13.0. The topological polar surface area (TPSA) is 109 Å². The Bertz CT molecular complexity index is 1500. The minimum Gasteiger partial charge on any atom is -0.455 e. The summed E-state index contributed by atoms with van der Waals surface area (Å²) < 4.78 is 11.4. The lowest BCUT2D eigenvalue weighted by atomic mass is 10.0. The molecule has 34 heavy (non-hydrogen) atoms. The van der Waals surface area contributed by atoms with E-state index in [9.17, 15) is 14.4 Å². The Morgan fingerprint density at radius 2 is 1.76 bits per heavy atom. The second-order valence-corrected chi connectivity index (χ2v) is 7.66. The summed E-state index contributed by atoms with van der Waals surface area (Å²) in [7, 11) is 0. The first-order valence-electron chi connectivity index (χ1n) is 10.5. The number of nitrogens with zero attached hydrogens (tertiary/aromatic N) is 1. The van der Waals surface area contributed by atoms with Crippen LogP contribution in [-0.4, -0.2) is 18.0 Å². The molecule has 7 heteroatoms. The summed E-state index contributed by atoms with van der Waals surface area (Å²) in [5.41, 5.74) is 1.81. The van der Waals surface area contributed by atoms with Crippen molar-refractivity contribution in [2.24, 2.45) is 0 Å². The van der Waals surface area contributed by atoms with Crippen molar-refractivity contribution in [2.75, 3.05) is 5.32 Å². The maximum Gasteiger partial charge on any atom is 0.342 e. The molecular weight excluding hydrogens is 432 g/mol. The summed E-state index contributed by atoms with van der Waals surface area (Å²) in [6, 6.07) is 22.1. The van der Waals surface area contributed by atoms with Crippen molar-refractivity contribution in [1.29, 1.82) is 5.26 Å². The predicted molar refractivity (Wildman–Crippen MR) is 127 cm³/mol. The van der Waals surface area contributed by atoms with E-state index in [1.807, 2.05) is 36.4 Å². The summed E-state index contributed by atoms with van der Waals surface area (Å²) in [4.78, 5) is 38.5. The van der Waals surface area contributed by atoms with E-state index in [-0.39, 0.29) is 22.0 Å². The third-order valence-electron chi connectivity index (χ3n) is 5.31. The number of fused-ring (bicyclic) bond motifs is 1. The van der Waals surface area contributed by atoms with Gasteiger partial charge in [-0.25, -0.2) is 4.79 Å². The molecule has 168 valence electrons. The van der Waals surface area contributed by atoms with Crippen LogP contribution in [0.15, 0.2) is 82.0 Å². The van der Waals surface area contributed by atoms with E-state index in [1.165, 1.54) is 19.1 Å². The van der Waals surface area contributed by atoms with Gasteiger partial charge in [0.15, 0.2) is 17.1 Å². The van der Waals surface area contributed by atoms with Crippen LogP contribution in [0.25, 0.3) is 22.3 Å². The van der Waals surface area contributed by atoms with E-state index in [0.717, 1.165) is 0 Å². The predicted octanol–water partition coefficient (Wildman–Crippen LogP) is 4.82. The van der Waals surface area contributed by atoms with Crippen LogP contribution < -0.4 is 10.7 Å². The SMILES string of the molecule is Cc1c(-c2ccccc2)oc2c(C(=O)O[C@@H](C)C(=O)Nc3cccc(C#N)c3)cccc2c1=O. The van der Waals surface area contributed by atoms with Gasteiger partial charge in [-0.05, 0) is 44.2 Å². The number of benzene rings is 3. The Morgan fingerprint density at radius 3 is 2.50 bits per heavy atom. The molecule has 4 aromatic rings. The van der Waals surface area contributed by atoms with Gasteiger partial charge in [-0.3, -0.25) is 9.59 Å². The van der Waals surface area contributed by atoms with E-state index in [1.54, 1.807) is 37.3 Å². The largest absolute Gasteiger partial charge is 0.455 e. The fraction of sp³-hybridized carbons (Fsp3) is 0.111. The first-order valence-corrected chi connectivity index (χ1v) is 10.5. The molecule has 0 radical (unpaired) electrons. The van der Waals surface area contributed by atoms with Crippen LogP contribution in [0.2, 0.25) is 0 Å². The number of rotatable bonds is 5. The van der Waals surface area contributed by atoms with Crippen LogP contribution in [0.4, 0.5) is 5.69 Å². The fourth-order valence-electron chi connectivity index (χ4n) is 3.52. The number of esters is 1. The second kappa shape index (κ2) is 9.43. The van der Waals surface area contributed by atoms with E-state index >= 15 is 0 Å². The highest BCUT2D eigenvalue weighted by molar-refractivity contribution is 6.04. The van der Waals surface area contributed by atoms with Crippen LogP contribution in [0.5, 0.6) is 0 Å². The van der Waals surface area contributed by atoms with E-state index < -0.39 is 18.0 Å². The highest BCUT2D eigenvalue weighted by Gasteiger charge is 2.23. The lowest BCUT2D eigenvalue weighted by Crippen LogP contribution is -2.30. The van der Waals surface area contributed by atoms with Crippen molar-refractivity contribution < 1.29 is 18.7 Å². The zero-order chi connectivity index (χ0) is 24.2. The first kappa shape index (κ1) is 22.5. The molecule has 1 aromatic heterocycles. The molecule has 0 saturated carbocycles. The molecule has 0 aliphatic heterocycles. The maximum atomic E-state index is 13.0. The van der Waals surface area contributed by atoms with Crippen molar-refractivity contribution in [3.63, 3.8) is 0 Å². The lowest BCUT2D eigenvalue weighted by molar-refractivity contribution is -0.123. The molecular formula is C27H20N2O5. The van der Waals surface area contributed by atoms with Gasteiger partial charge in [0.05, 0.1) is 17.0 Å². The van der Waals surface area contributed by atoms with Gasteiger partial charge in [-0.2, -0.15) is 5.26 Å². The Morgan fingerprint density at radius 1 is 1.03 bits per heavy atom. The quantitative estimate of drug-likeness (QED) is 0.435. The van der Waals surface area contributed by atoms with E-state index in [0.29, 0.717) is 28.1 Å². The third-order valence-corrected chi connectivity index (χ3v) is 5.31. The van der Waals surface area contributed by atoms with Gasteiger partial charge in [0.2, 0.25) is 0 Å². The number of nitrogens with one attached hydrogen (secondary N) is 1. The number of carbonyl (C=O) groups is 2. The van der Waals surface area contributed by atoms with E-state index in [4.69, 9.17) is 14.4 Å². The standard InChI is InChI=1S/C27H20N2O5/c1-16-23(30)21-12-7-13-22(25(21)34-24(16)19-9-4-3-5-10-19)27(32)33-17(2)26(31)29-20-11-6-8-18(14-20)15-28/h3-14,17H,1-2H3,(H,29,31)/t17-/m0/s1. The molecule has 1 heterocycles. The fourth-order valence-corrected chi connectivity index (χ4v) is 3.52. The molecule has 3 aromatic carbocycles. The van der Waals surface area contributed by atoms with Gasteiger partial charge in [-0.1, -0.05) is 42.5 Å². The Hall–Kier alpha value is -4.70. The number of nitriles is 1. The van der Waals surface area contributed by atoms with Crippen LogP contribution >= 0.6 is 0 Å². The second-order valence-electron chi connectivity index (χ2n) is 7.66. The molecule has 0 saturated heterocycles. The van der Waals surface area contributed by atoms with Gasteiger partial charge >= 0.3 is 5.97 Å². The monoisotopic (exact) mass is 452 g/mol. The molecule has 0 aliphatic rings. The van der Waals surface area contributed by atoms with Gasteiger partial charge < -0.3 is 14.5 Å². The molecule has 0 fully saturated rings. The van der Waals surface area contributed by atoms with Crippen LogP contribution in [0, 0.1) is 18.3 Å². The molecule has 0 spiro atoms. The average molecular weight is 452 g/mol. The lowest BCUT2D eigenvalue weighted by Gasteiger charge is -2.15. The number of hydrogen-bond donors (Lipinski definition) is 1.